The molecule has 0 amide bonds. The number of hydrogen-bond donors (Lipinski definition) is 1. The van der Waals surface area contributed by atoms with Crippen LogP contribution in [0.25, 0.3) is 0 Å². The molecule has 1 N–H and O–H groups in total. The number of aryl methyl sites for hydroxylation is 1. The van der Waals surface area contributed by atoms with Crippen molar-refractivity contribution in [1.29, 1.82) is 0 Å². The van der Waals surface area contributed by atoms with Crippen LogP contribution in [0, 0.1) is 6.92 Å². The second-order valence-corrected chi connectivity index (χ2v) is 5.96. The van der Waals surface area contributed by atoms with Crippen LogP contribution >= 0.6 is 0 Å². The highest BCUT2D eigenvalue weighted by molar-refractivity contribution is 5.34. The summed E-state index contributed by atoms with van der Waals surface area (Å²) in [6.07, 6.45) is 3.38. The van der Waals surface area contributed by atoms with Gasteiger partial charge >= 0.3 is 0 Å². The zero-order valence-electron chi connectivity index (χ0n) is 12.5. The van der Waals surface area contributed by atoms with Crippen LogP contribution in [0.15, 0.2) is 41.5 Å². The quantitative estimate of drug-likeness (QED) is 0.933. The fourth-order valence-corrected chi connectivity index (χ4v) is 2.07. The number of hydrogen-bond acceptors (Lipinski definition) is 3. The van der Waals surface area contributed by atoms with Crippen molar-refractivity contribution in [2.75, 3.05) is 5.32 Å². The van der Waals surface area contributed by atoms with Crippen molar-refractivity contribution in [1.82, 2.24) is 9.55 Å². The molecule has 106 valence electrons. The molecule has 20 heavy (non-hydrogen) atoms. The lowest BCUT2D eigenvalue weighted by atomic mass is 10.1. The maximum atomic E-state index is 12.3. The van der Waals surface area contributed by atoms with Crippen molar-refractivity contribution in [2.45, 2.75) is 39.8 Å². The van der Waals surface area contributed by atoms with Crippen LogP contribution in [-0.4, -0.2) is 9.55 Å². The van der Waals surface area contributed by atoms with Crippen LogP contribution in [0.5, 0.6) is 0 Å². The number of nitrogens with zero attached hydrogens (tertiary/aromatic N) is 2. The van der Waals surface area contributed by atoms with Gasteiger partial charge in [-0.25, -0.2) is 4.98 Å². The number of nitrogens with one attached hydrogen (secondary N) is 1. The SMILES string of the molecule is Cc1cccc(CNc2nccn(C(C)(C)C)c2=O)c1. The molecule has 0 saturated carbocycles. The Kier molecular flexibility index (Phi) is 3.93. The van der Waals surface area contributed by atoms with E-state index in [2.05, 4.69) is 29.4 Å². The molecule has 0 bridgehead atoms. The lowest BCUT2D eigenvalue weighted by Crippen LogP contribution is -2.35. The average molecular weight is 271 g/mol. The van der Waals surface area contributed by atoms with E-state index in [1.54, 1.807) is 17.0 Å². The predicted molar refractivity (Wildman–Crippen MR) is 82.0 cm³/mol. The molecule has 0 spiro atoms. The van der Waals surface area contributed by atoms with Crippen molar-refractivity contribution < 1.29 is 0 Å². The van der Waals surface area contributed by atoms with Gasteiger partial charge in [0, 0.05) is 24.5 Å². The molecular weight excluding hydrogens is 250 g/mol. The molecule has 1 aromatic carbocycles. The zero-order valence-corrected chi connectivity index (χ0v) is 12.5. The van der Waals surface area contributed by atoms with Gasteiger partial charge in [-0.05, 0) is 33.3 Å². The molecule has 0 saturated heterocycles. The van der Waals surface area contributed by atoms with E-state index >= 15 is 0 Å². The van der Waals surface area contributed by atoms with Gasteiger partial charge in [-0.3, -0.25) is 4.79 Å². The first kappa shape index (κ1) is 14.3. The Morgan fingerprint density at radius 1 is 1.30 bits per heavy atom. The van der Waals surface area contributed by atoms with Crippen LogP contribution < -0.4 is 10.9 Å². The van der Waals surface area contributed by atoms with E-state index in [0.717, 1.165) is 5.56 Å². The lowest BCUT2D eigenvalue weighted by Gasteiger charge is -2.22. The Morgan fingerprint density at radius 2 is 2.05 bits per heavy atom. The van der Waals surface area contributed by atoms with Crippen LogP contribution in [0.3, 0.4) is 0 Å². The summed E-state index contributed by atoms with van der Waals surface area (Å²) in [7, 11) is 0. The maximum Gasteiger partial charge on any atom is 0.293 e. The van der Waals surface area contributed by atoms with Gasteiger partial charge in [0.15, 0.2) is 5.82 Å². The second kappa shape index (κ2) is 5.49. The average Bonchev–Trinajstić information content (AvgIpc) is 2.36. The van der Waals surface area contributed by atoms with E-state index in [9.17, 15) is 4.79 Å². The predicted octanol–water partition coefficient (Wildman–Crippen LogP) is 2.92. The van der Waals surface area contributed by atoms with Crippen LogP contribution in [0.1, 0.15) is 31.9 Å². The largest absolute Gasteiger partial charge is 0.361 e. The van der Waals surface area contributed by atoms with E-state index in [-0.39, 0.29) is 11.1 Å². The molecule has 0 aliphatic carbocycles. The molecule has 0 unspecified atom stereocenters. The third-order valence-corrected chi connectivity index (χ3v) is 3.11. The Morgan fingerprint density at radius 3 is 2.70 bits per heavy atom. The number of rotatable bonds is 3. The van der Waals surface area contributed by atoms with Gasteiger partial charge in [-0.1, -0.05) is 29.8 Å². The maximum absolute atomic E-state index is 12.3. The van der Waals surface area contributed by atoms with E-state index in [1.807, 2.05) is 32.9 Å². The third kappa shape index (κ3) is 3.26. The number of aromatic nitrogens is 2. The summed E-state index contributed by atoms with van der Waals surface area (Å²) in [4.78, 5) is 16.5. The number of benzene rings is 1. The van der Waals surface area contributed by atoms with Gasteiger partial charge in [0.1, 0.15) is 0 Å². The first-order valence-corrected chi connectivity index (χ1v) is 6.75. The van der Waals surface area contributed by atoms with Crippen molar-refractivity contribution in [3.05, 3.63) is 58.1 Å². The van der Waals surface area contributed by atoms with Crippen molar-refractivity contribution >= 4 is 5.82 Å². The summed E-state index contributed by atoms with van der Waals surface area (Å²) in [6.45, 7) is 8.64. The van der Waals surface area contributed by atoms with Gasteiger partial charge in [0.05, 0.1) is 0 Å². The smallest absolute Gasteiger partial charge is 0.293 e. The minimum absolute atomic E-state index is 0.0901. The Hall–Kier alpha value is -2.10. The molecular formula is C16H21N3O. The molecule has 2 rings (SSSR count). The summed E-state index contributed by atoms with van der Waals surface area (Å²) < 4.78 is 1.69. The van der Waals surface area contributed by atoms with E-state index in [1.165, 1.54) is 5.56 Å². The molecule has 0 fully saturated rings. The minimum Gasteiger partial charge on any atom is -0.361 e. The summed E-state index contributed by atoms with van der Waals surface area (Å²) in [5, 5.41) is 3.12. The lowest BCUT2D eigenvalue weighted by molar-refractivity contribution is 0.383. The summed E-state index contributed by atoms with van der Waals surface area (Å²) >= 11 is 0. The van der Waals surface area contributed by atoms with E-state index in [4.69, 9.17) is 0 Å². The molecule has 1 heterocycles. The second-order valence-electron chi connectivity index (χ2n) is 5.96. The van der Waals surface area contributed by atoms with E-state index < -0.39 is 0 Å². The topological polar surface area (TPSA) is 46.9 Å². The van der Waals surface area contributed by atoms with Gasteiger partial charge in [0.25, 0.3) is 5.56 Å². The van der Waals surface area contributed by atoms with Crippen LogP contribution in [0.2, 0.25) is 0 Å². The minimum atomic E-state index is -0.250. The molecule has 0 atom stereocenters. The van der Waals surface area contributed by atoms with E-state index in [0.29, 0.717) is 12.4 Å². The summed E-state index contributed by atoms with van der Waals surface area (Å²) in [5.74, 6) is 0.393. The Bertz CT molecular complexity index is 653. The summed E-state index contributed by atoms with van der Waals surface area (Å²) in [6, 6.07) is 8.19. The molecule has 0 aliphatic rings. The van der Waals surface area contributed by atoms with Gasteiger partial charge in [-0.2, -0.15) is 0 Å². The first-order valence-electron chi connectivity index (χ1n) is 6.75. The molecule has 4 nitrogen and oxygen atoms in total. The fourth-order valence-electron chi connectivity index (χ4n) is 2.07. The highest BCUT2D eigenvalue weighted by Crippen LogP contribution is 2.11. The molecule has 4 heteroatoms. The van der Waals surface area contributed by atoms with Crippen LogP contribution in [0.4, 0.5) is 5.82 Å². The molecule has 0 radical (unpaired) electrons. The molecule has 1 aromatic heterocycles. The summed E-state index contributed by atoms with van der Waals surface area (Å²) in [5.41, 5.74) is 2.00. The van der Waals surface area contributed by atoms with Crippen LogP contribution in [-0.2, 0) is 12.1 Å². The van der Waals surface area contributed by atoms with Gasteiger partial charge < -0.3 is 9.88 Å². The van der Waals surface area contributed by atoms with Crippen molar-refractivity contribution in [3.8, 4) is 0 Å². The Labute approximate surface area is 119 Å². The normalized spacial score (nSPS) is 11.4. The van der Waals surface area contributed by atoms with Crippen molar-refractivity contribution in [3.63, 3.8) is 0 Å². The highest BCUT2D eigenvalue weighted by Gasteiger charge is 2.16. The standard InChI is InChI=1S/C16H21N3O/c1-12-6-5-7-13(10-12)11-18-14-15(20)19(9-8-17-14)16(2,3)4/h5-10H,11H2,1-4H3,(H,17,18). The van der Waals surface area contributed by atoms with Crippen molar-refractivity contribution in [2.24, 2.45) is 0 Å². The molecule has 0 aliphatic heterocycles. The van der Waals surface area contributed by atoms with Gasteiger partial charge in [0.2, 0.25) is 0 Å². The number of anilines is 1. The van der Waals surface area contributed by atoms with Gasteiger partial charge in [-0.15, -0.1) is 0 Å². The fraction of sp³-hybridized carbons (Fsp3) is 0.375. The first-order chi connectivity index (χ1) is 9.38. The molecule has 2 aromatic rings. The highest BCUT2D eigenvalue weighted by atomic mass is 16.1. The third-order valence-electron chi connectivity index (χ3n) is 3.11. The Balaban J connectivity index is 2.21. The monoisotopic (exact) mass is 271 g/mol. The zero-order chi connectivity index (χ0) is 14.8.